The van der Waals surface area contributed by atoms with Crippen molar-refractivity contribution in [3.05, 3.63) is 71.3 Å². The third-order valence-corrected chi connectivity index (χ3v) is 4.20. The zero-order valence-corrected chi connectivity index (χ0v) is 12.4. The van der Waals surface area contributed by atoms with Gasteiger partial charge in [-0.1, -0.05) is 36.4 Å². The van der Waals surface area contributed by atoms with Crippen LogP contribution in [0, 0.1) is 17.6 Å². The van der Waals surface area contributed by atoms with E-state index in [0.29, 0.717) is 12.0 Å². The van der Waals surface area contributed by atoms with E-state index in [9.17, 15) is 18.7 Å². The van der Waals surface area contributed by atoms with Gasteiger partial charge < -0.3 is 10.4 Å². The summed E-state index contributed by atoms with van der Waals surface area (Å²) in [4.78, 5) is 12.3. The van der Waals surface area contributed by atoms with Crippen molar-refractivity contribution in [2.75, 3.05) is 6.61 Å². The van der Waals surface area contributed by atoms with E-state index in [2.05, 4.69) is 5.32 Å². The van der Waals surface area contributed by atoms with Crippen LogP contribution in [0.25, 0.3) is 0 Å². The minimum absolute atomic E-state index is 0.0970. The summed E-state index contributed by atoms with van der Waals surface area (Å²) in [6.07, 6.45) is 0.601. The van der Waals surface area contributed by atoms with Crippen molar-refractivity contribution in [3.8, 4) is 0 Å². The lowest BCUT2D eigenvalue weighted by atomic mass is 10.1. The van der Waals surface area contributed by atoms with E-state index in [1.165, 1.54) is 6.07 Å². The highest BCUT2D eigenvalue weighted by Gasteiger charge is 2.44. The molecule has 2 aromatic rings. The molecular formula is C18H17F2NO2. The van der Waals surface area contributed by atoms with Gasteiger partial charge in [-0.05, 0) is 35.6 Å². The summed E-state index contributed by atoms with van der Waals surface area (Å²) in [6.45, 7) is -0.196. The molecule has 0 spiro atoms. The first-order valence-corrected chi connectivity index (χ1v) is 7.51. The highest BCUT2D eigenvalue weighted by atomic mass is 19.2. The first-order valence-electron chi connectivity index (χ1n) is 7.51. The molecule has 1 fully saturated rings. The summed E-state index contributed by atoms with van der Waals surface area (Å²) in [6, 6.07) is 12.5. The van der Waals surface area contributed by atoms with Crippen molar-refractivity contribution in [1.29, 1.82) is 0 Å². The first kappa shape index (κ1) is 15.6. The predicted molar refractivity (Wildman–Crippen MR) is 81.6 cm³/mol. The number of carbonyl (C=O) groups is 1. The van der Waals surface area contributed by atoms with E-state index in [0.717, 1.165) is 17.7 Å². The average Bonchev–Trinajstić information content (AvgIpc) is 3.36. The van der Waals surface area contributed by atoms with E-state index in [1.807, 2.05) is 30.3 Å². The number of amides is 1. The van der Waals surface area contributed by atoms with E-state index in [-0.39, 0.29) is 24.3 Å². The molecule has 5 heteroatoms. The van der Waals surface area contributed by atoms with E-state index >= 15 is 0 Å². The van der Waals surface area contributed by atoms with Crippen LogP contribution in [0.3, 0.4) is 0 Å². The number of benzene rings is 2. The van der Waals surface area contributed by atoms with Crippen LogP contribution in [0.5, 0.6) is 0 Å². The van der Waals surface area contributed by atoms with Crippen LogP contribution in [0.15, 0.2) is 48.5 Å². The van der Waals surface area contributed by atoms with Gasteiger partial charge in [-0.25, -0.2) is 8.78 Å². The van der Waals surface area contributed by atoms with Gasteiger partial charge in [-0.2, -0.15) is 0 Å². The van der Waals surface area contributed by atoms with Crippen LogP contribution in [0.1, 0.15) is 29.5 Å². The standard InChI is InChI=1S/C18H17F2NO2/c19-15-7-6-12(8-16(15)20)13-9-14(13)18(23)21-17(10-22)11-4-2-1-3-5-11/h1-8,13-14,17,22H,9-10H2,(H,21,23)/t13-,14+,17+/m0/s1. The molecule has 1 amide bonds. The lowest BCUT2D eigenvalue weighted by Gasteiger charge is -2.16. The predicted octanol–water partition coefficient (Wildman–Crippen LogP) is 2.92. The molecule has 0 aromatic heterocycles. The molecule has 0 heterocycles. The number of nitrogens with one attached hydrogen (secondary N) is 1. The molecule has 2 aromatic carbocycles. The van der Waals surface area contributed by atoms with Crippen LogP contribution in [0.2, 0.25) is 0 Å². The van der Waals surface area contributed by atoms with Gasteiger partial charge in [0.05, 0.1) is 12.6 Å². The Morgan fingerprint density at radius 3 is 2.57 bits per heavy atom. The van der Waals surface area contributed by atoms with Gasteiger partial charge in [-0.3, -0.25) is 4.79 Å². The third-order valence-electron chi connectivity index (χ3n) is 4.20. The van der Waals surface area contributed by atoms with Crippen LogP contribution < -0.4 is 5.32 Å². The zero-order valence-electron chi connectivity index (χ0n) is 12.4. The molecule has 0 saturated heterocycles. The largest absolute Gasteiger partial charge is 0.394 e. The van der Waals surface area contributed by atoms with Crippen molar-refractivity contribution in [1.82, 2.24) is 5.32 Å². The maximum Gasteiger partial charge on any atom is 0.224 e. The monoisotopic (exact) mass is 317 g/mol. The maximum atomic E-state index is 13.3. The van der Waals surface area contributed by atoms with Crippen molar-refractivity contribution in [2.24, 2.45) is 5.92 Å². The number of aliphatic hydroxyl groups excluding tert-OH is 1. The Morgan fingerprint density at radius 1 is 1.17 bits per heavy atom. The zero-order chi connectivity index (χ0) is 16.4. The fourth-order valence-corrected chi connectivity index (χ4v) is 2.79. The Kier molecular flexibility index (Phi) is 4.39. The lowest BCUT2D eigenvalue weighted by Crippen LogP contribution is -2.32. The van der Waals surface area contributed by atoms with Crippen LogP contribution in [0.4, 0.5) is 8.78 Å². The fourth-order valence-electron chi connectivity index (χ4n) is 2.79. The number of rotatable bonds is 5. The summed E-state index contributed by atoms with van der Waals surface area (Å²) in [5.74, 6) is -2.33. The van der Waals surface area contributed by atoms with Gasteiger partial charge in [0.15, 0.2) is 11.6 Å². The van der Waals surface area contributed by atoms with Gasteiger partial charge in [0.1, 0.15) is 0 Å². The second-order valence-electron chi connectivity index (χ2n) is 5.78. The summed E-state index contributed by atoms with van der Waals surface area (Å²) in [5, 5.41) is 12.3. The molecular weight excluding hydrogens is 300 g/mol. The van der Waals surface area contributed by atoms with Gasteiger partial charge in [-0.15, -0.1) is 0 Å². The molecule has 0 bridgehead atoms. The number of aliphatic hydroxyl groups is 1. The Morgan fingerprint density at radius 2 is 1.91 bits per heavy atom. The second-order valence-corrected chi connectivity index (χ2v) is 5.78. The van der Waals surface area contributed by atoms with Crippen molar-refractivity contribution < 1.29 is 18.7 Å². The fraction of sp³-hybridized carbons (Fsp3) is 0.278. The number of hydrogen-bond acceptors (Lipinski definition) is 2. The molecule has 0 aliphatic heterocycles. The molecule has 1 aliphatic carbocycles. The first-order chi connectivity index (χ1) is 11.1. The van der Waals surface area contributed by atoms with E-state index in [4.69, 9.17) is 0 Å². The van der Waals surface area contributed by atoms with E-state index < -0.39 is 17.7 Å². The third kappa shape index (κ3) is 3.40. The van der Waals surface area contributed by atoms with Crippen molar-refractivity contribution in [3.63, 3.8) is 0 Å². The Balaban J connectivity index is 1.64. The summed E-state index contributed by atoms with van der Waals surface area (Å²) in [5.41, 5.74) is 1.46. The van der Waals surface area contributed by atoms with Gasteiger partial charge in [0, 0.05) is 5.92 Å². The van der Waals surface area contributed by atoms with E-state index in [1.54, 1.807) is 0 Å². The van der Waals surface area contributed by atoms with Crippen LogP contribution >= 0.6 is 0 Å². The molecule has 1 aliphatic rings. The highest BCUT2D eigenvalue weighted by Crippen LogP contribution is 2.48. The van der Waals surface area contributed by atoms with Gasteiger partial charge in [0.25, 0.3) is 0 Å². The highest BCUT2D eigenvalue weighted by molar-refractivity contribution is 5.83. The second kappa shape index (κ2) is 6.46. The minimum Gasteiger partial charge on any atom is -0.394 e. The molecule has 2 N–H and O–H groups in total. The topological polar surface area (TPSA) is 49.3 Å². The smallest absolute Gasteiger partial charge is 0.224 e. The van der Waals surface area contributed by atoms with Crippen molar-refractivity contribution in [2.45, 2.75) is 18.4 Å². The number of carbonyl (C=O) groups excluding carboxylic acids is 1. The van der Waals surface area contributed by atoms with Crippen LogP contribution in [-0.2, 0) is 4.79 Å². The molecule has 0 radical (unpaired) electrons. The molecule has 1 saturated carbocycles. The normalized spacial score (nSPS) is 20.8. The summed E-state index contributed by atoms with van der Waals surface area (Å²) < 4.78 is 26.2. The molecule has 3 rings (SSSR count). The average molecular weight is 317 g/mol. The molecule has 3 nitrogen and oxygen atoms in total. The molecule has 120 valence electrons. The molecule has 0 unspecified atom stereocenters. The lowest BCUT2D eigenvalue weighted by molar-refractivity contribution is -0.123. The van der Waals surface area contributed by atoms with Gasteiger partial charge >= 0.3 is 0 Å². The van der Waals surface area contributed by atoms with Crippen LogP contribution in [-0.4, -0.2) is 17.6 Å². The summed E-state index contributed by atoms with van der Waals surface area (Å²) in [7, 11) is 0. The quantitative estimate of drug-likeness (QED) is 0.891. The minimum atomic E-state index is -0.897. The Labute approximate surface area is 133 Å². The van der Waals surface area contributed by atoms with Crippen molar-refractivity contribution >= 4 is 5.91 Å². The Hall–Kier alpha value is -2.27. The molecule has 3 atom stereocenters. The summed E-state index contributed by atoms with van der Waals surface area (Å²) >= 11 is 0. The maximum absolute atomic E-state index is 13.3. The number of halogens is 2. The van der Waals surface area contributed by atoms with Gasteiger partial charge in [0.2, 0.25) is 5.91 Å². The SMILES string of the molecule is O=C(N[C@H](CO)c1ccccc1)[C@@H]1C[C@H]1c1ccc(F)c(F)c1. The number of hydrogen-bond donors (Lipinski definition) is 2. The molecule has 23 heavy (non-hydrogen) atoms. The Bertz CT molecular complexity index is 705.